The first kappa shape index (κ1) is 15.0. The summed E-state index contributed by atoms with van der Waals surface area (Å²) >= 11 is 0. The lowest BCUT2D eigenvalue weighted by molar-refractivity contribution is -0.253. The van der Waals surface area contributed by atoms with Crippen molar-refractivity contribution in [2.24, 2.45) is 11.8 Å². The molecule has 3 rings (SSSR count). The number of aliphatic hydroxyl groups is 1. The van der Waals surface area contributed by atoms with Gasteiger partial charge in [0, 0.05) is 5.92 Å². The zero-order valence-corrected chi connectivity index (χ0v) is 12.7. The fourth-order valence-corrected chi connectivity index (χ4v) is 3.65. The molecule has 0 saturated carbocycles. The minimum Gasteiger partial charge on any atom is -0.384 e. The van der Waals surface area contributed by atoms with Gasteiger partial charge < -0.3 is 19.3 Å². The van der Waals surface area contributed by atoms with Crippen LogP contribution in [0, 0.1) is 11.8 Å². The van der Waals surface area contributed by atoms with Crippen LogP contribution in [0.25, 0.3) is 0 Å². The molecule has 0 amide bonds. The Morgan fingerprint density at radius 2 is 1.95 bits per heavy atom. The summed E-state index contributed by atoms with van der Waals surface area (Å²) in [6.07, 6.45) is 12.7. The summed E-state index contributed by atoms with van der Waals surface area (Å²) in [4.78, 5) is 0. The first-order valence-corrected chi connectivity index (χ1v) is 7.74. The van der Waals surface area contributed by atoms with Crippen LogP contribution in [0.1, 0.15) is 20.3 Å². The van der Waals surface area contributed by atoms with Crippen molar-refractivity contribution in [2.45, 2.75) is 37.8 Å². The molecular weight excluding hydrogens is 268 g/mol. The van der Waals surface area contributed by atoms with Crippen LogP contribution in [0.2, 0.25) is 0 Å². The predicted octanol–water partition coefficient (Wildman–Crippen LogP) is 2.20. The van der Waals surface area contributed by atoms with Crippen molar-refractivity contribution in [3.8, 4) is 0 Å². The molecule has 5 atom stereocenters. The van der Waals surface area contributed by atoms with Crippen LogP contribution in [0.4, 0.5) is 0 Å². The molecule has 0 aromatic rings. The van der Waals surface area contributed by atoms with Crippen molar-refractivity contribution in [1.29, 1.82) is 0 Å². The molecule has 3 heterocycles. The van der Waals surface area contributed by atoms with Gasteiger partial charge in [0.2, 0.25) is 0 Å². The van der Waals surface area contributed by atoms with E-state index in [2.05, 4.69) is 6.92 Å². The summed E-state index contributed by atoms with van der Waals surface area (Å²) in [5, 5.41) is 10.8. The highest BCUT2D eigenvalue weighted by Gasteiger charge is 2.68. The van der Waals surface area contributed by atoms with Gasteiger partial charge in [0.15, 0.2) is 5.79 Å². The molecule has 4 nitrogen and oxygen atoms in total. The highest BCUT2D eigenvalue weighted by atomic mass is 16.7. The molecule has 21 heavy (non-hydrogen) atoms. The molecule has 0 aromatic heterocycles. The first-order valence-electron chi connectivity index (χ1n) is 7.74. The number of hydrogen-bond donors (Lipinski definition) is 1. The van der Waals surface area contributed by atoms with Gasteiger partial charge in [-0.05, 0) is 19.4 Å². The molecule has 0 aromatic carbocycles. The molecule has 0 bridgehead atoms. The standard InChI is InChI=1S/C17H24O4/c1-3-5-6-7-8-9-17-15-14(13(4-2)10-20-17)19-11-16(15,18)12-21-17/h3,5-9,13-15,18H,4,10-12H2,1-2H3/t13-,14+,15-,16+,17+/m0/s1. The van der Waals surface area contributed by atoms with Gasteiger partial charge in [-0.3, -0.25) is 0 Å². The van der Waals surface area contributed by atoms with E-state index >= 15 is 0 Å². The van der Waals surface area contributed by atoms with Gasteiger partial charge in [0.25, 0.3) is 0 Å². The van der Waals surface area contributed by atoms with Crippen LogP contribution >= 0.6 is 0 Å². The summed E-state index contributed by atoms with van der Waals surface area (Å²) in [5.41, 5.74) is -0.921. The molecule has 3 saturated heterocycles. The van der Waals surface area contributed by atoms with Gasteiger partial charge in [-0.15, -0.1) is 0 Å². The Morgan fingerprint density at radius 1 is 1.14 bits per heavy atom. The molecule has 0 spiro atoms. The first-order chi connectivity index (χ1) is 10.2. The highest BCUT2D eigenvalue weighted by Crippen LogP contribution is 2.53. The van der Waals surface area contributed by atoms with E-state index in [-0.39, 0.29) is 18.6 Å². The molecule has 4 heteroatoms. The van der Waals surface area contributed by atoms with Gasteiger partial charge in [-0.2, -0.15) is 0 Å². The minimum atomic E-state index is -0.921. The van der Waals surface area contributed by atoms with E-state index in [1.807, 2.05) is 43.4 Å². The topological polar surface area (TPSA) is 47.9 Å². The van der Waals surface area contributed by atoms with Gasteiger partial charge >= 0.3 is 0 Å². The number of rotatable bonds is 4. The monoisotopic (exact) mass is 292 g/mol. The van der Waals surface area contributed by atoms with Crippen molar-refractivity contribution in [3.05, 3.63) is 36.5 Å². The lowest BCUT2D eigenvalue weighted by Crippen LogP contribution is -2.54. The van der Waals surface area contributed by atoms with E-state index in [0.717, 1.165) is 6.42 Å². The van der Waals surface area contributed by atoms with Crippen molar-refractivity contribution in [3.63, 3.8) is 0 Å². The van der Waals surface area contributed by atoms with E-state index in [1.165, 1.54) is 0 Å². The Bertz CT molecular complexity index is 469. The molecule has 3 aliphatic heterocycles. The van der Waals surface area contributed by atoms with Gasteiger partial charge in [-0.25, -0.2) is 0 Å². The molecule has 1 N–H and O–H groups in total. The maximum absolute atomic E-state index is 10.8. The zero-order valence-electron chi connectivity index (χ0n) is 12.7. The smallest absolute Gasteiger partial charge is 0.196 e. The third kappa shape index (κ3) is 2.40. The van der Waals surface area contributed by atoms with Gasteiger partial charge in [0.05, 0.1) is 31.8 Å². The average molecular weight is 292 g/mol. The summed E-state index contributed by atoms with van der Waals surface area (Å²) in [6.45, 7) is 5.33. The summed E-state index contributed by atoms with van der Waals surface area (Å²) in [7, 11) is 0. The van der Waals surface area contributed by atoms with E-state index in [4.69, 9.17) is 14.2 Å². The molecular formula is C17H24O4. The predicted molar refractivity (Wildman–Crippen MR) is 79.7 cm³/mol. The van der Waals surface area contributed by atoms with Crippen molar-refractivity contribution in [2.75, 3.05) is 19.8 Å². The van der Waals surface area contributed by atoms with E-state index in [1.54, 1.807) is 0 Å². The fourth-order valence-electron chi connectivity index (χ4n) is 3.65. The van der Waals surface area contributed by atoms with Crippen molar-refractivity contribution < 1.29 is 19.3 Å². The quantitative estimate of drug-likeness (QED) is 0.807. The summed E-state index contributed by atoms with van der Waals surface area (Å²) in [6, 6.07) is 0. The molecule has 3 fully saturated rings. The lowest BCUT2D eigenvalue weighted by atomic mass is 9.76. The minimum absolute atomic E-state index is 0.0143. The molecule has 116 valence electrons. The second-order valence-electron chi connectivity index (χ2n) is 6.12. The largest absolute Gasteiger partial charge is 0.384 e. The van der Waals surface area contributed by atoms with Crippen LogP contribution in [0.15, 0.2) is 36.5 Å². The van der Waals surface area contributed by atoms with Crippen LogP contribution < -0.4 is 0 Å². The number of hydrogen-bond acceptors (Lipinski definition) is 4. The van der Waals surface area contributed by atoms with Crippen LogP contribution in [-0.2, 0) is 14.2 Å². The Kier molecular flexibility index (Phi) is 4.06. The SMILES string of the molecule is CC=CC=CC=C[C@@]12OC[C@H](CC)[C@H]3OC[C@@](O)(CO1)[C@H]32. The molecule has 3 aliphatic rings. The summed E-state index contributed by atoms with van der Waals surface area (Å²) in [5.74, 6) is -0.664. The Labute approximate surface area is 126 Å². The third-order valence-electron chi connectivity index (χ3n) is 4.78. The van der Waals surface area contributed by atoms with Crippen LogP contribution in [-0.4, -0.2) is 42.4 Å². The summed E-state index contributed by atoms with van der Waals surface area (Å²) < 4.78 is 17.8. The molecule has 0 unspecified atom stereocenters. The maximum Gasteiger partial charge on any atom is 0.196 e. The number of ether oxygens (including phenoxy) is 3. The van der Waals surface area contributed by atoms with Gasteiger partial charge in [0.1, 0.15) is 5.60 Å². The highest BCUT2D eigenvalue weighted by molar-refractivity contribution is 5.21. The molecule has 0 radical (unpaired) electrons. The molecule has 0 aliphatic carbocycles. The van der Waals surface area contributed by atoms with E-state index < -0.39 is 11.4 Å². The van der Waals surface area contributed by atoms with Crippen molar-refractivity contribution >= 4 is 0 Å². The van der Waals surface area contributed by atoms with E-state index in [9.17, 15) is 5.11 Å². The second-order valence-corrected chi connectivity index (χ2v) is 6.12. The second kappa shape index (κ2) is 5.69. The Balaban J connectivity index is 1.84. The number of allylic oxidation sites excluding steroid dienone is 5. The third-order valence-corrected chi connectivity index (χ3v) is 4.78. The van der Waals surface area contributed by atoms with Gasteiger partial charge in [-0.1, -0.05) is 37.3 Å². The Morgan fingerprint density at radius 3 is 2.71 bits per heavy atom. The zero-order chi connectivity index (χ0) is 14.9. The lowest BCUT2D eigenvalue weighted by Gasteiger charge is -2.42. The maximum atomic E-state index is 10.8. The average Bonchev–Trinajstić information content (AvgIpc) is 2.99. The normalized spacial score (nSPS) is 46.1. The fraction of sp³-hybridized carbons (Fsp3) is 0.647. The Hall–Kier alpha value is -0.940. The van der Waals surface area contributed by atoms with Crippen LogP contribution in [0.5, 0.6) is 0 Å². The van der Waals surface area contributed by atoms with Crippen LogP contribution in [0.3, 0.4) is 0 Å². The van der Waals surface area contributed by atoms with Crippen molar-refractivity contribution in [1.82, 2.24) is 0 Å². The van der Waals surface area contributed by atoms with E-state index in [0.29, 0.717) is 19.1 Å².